The molecule has 0 saturated heterocycles. The summed E-state index contributed by atoms with van der Waals surface area (Å²) in [5.74, 6) is -2.51. The molecule has 4 N–H and O–H groups in total. The van der Waals surface area contributed by atoms with Crippen LogP contribution in [-0.4, -0.2) is 64.9 Å². The second-order valence-corrected chi connectivity index (χ2v) is 16.6. The lowest BCUT2D eigenvalue weighted by molar-refractivity contribution is -0.147. The smallest absolute Gasteiger partial charge is 0.472 e. The van der Waals surface area contributed by atoms with Gasteiger partial charge in [-0.3, -0.25) is 18.6 Å². The number of aliphatic hydroxyl groups excluding tert-OH is 1. The molecule has 0 aromatic rings. The lowest BCUT2D eigenvalue weighted by Crippen LogP contribution is -2.43. The van der Waals surface area contributed by atoms with Crippen LogP contribution in [0.2, 0.25) is 0 Å². The van der Waals surface area contributed by atoms with E-state index in [2.05, 4.69) is 153 Å². The largest absolute Gasteiger partial charge is 0.480 e. The molecule has 0 radical (unpaired) electrons. The van der Waals surface area contributed by atoms with Crippen LogP contribution < -0.4 is 5.32 Å². The average Bonchev–Trinajstić information content (AvgIpc) is 3.29. The first-order valence-electron chi connectivity index (χ1n) is 23.9. The number of unbranched alkanes of at least 4 members (excludes halogenated alkanes) is 4. The van der Waals surface area contributed by atoms with E-state index < -0.39 is 57.6 Å². The van der Waals surface area contributed by atoms with Gasteiger partial charge in [0.1, 0.15) is 12.7 Å². The van der Waals surface area contributed by atoms with Crippen molar-refractivity contribution in [3.05, 3.63) is 146 Å². The molecule has 0 spiro atoms. The maximum Gasteiger partial charge on any atom is 0.472 e. The number of hydrogen-bond acceptors (Lipinski definition) is 8. The molecule has 66 heavy (non-hydrogen) atoms. The zero-order chi connectivity index (χ0) is 48.4. The number of carbonyl (C=O) groups is 3. The molecule has 0 bridgehead atoms. The second kappa shape index (κ2) is 46.9. The minimum Gasteiger partial charge on any atom is -0.480 e. The molecule has 3 atom stereocenters. The van der Waals surface area contributed by atoms with E-state index in [-0.39, 0.29) is 12.8 Å². The molecule has 0 aliphatic rings. The molecule has 0 aliphatic carbocycles. The Hall–Kier alpha value is -4.64. The molecular weight excluding hydrogens is 854 g/mol. The van der Waals surface area contributed by atoms with E-state index >= 15 is 0 Å². The Balaban J connectivity index is 4.04. The second-order valence-electron chi connectivity index (χ2n) is 15.2. The van der Waals surface area contributed by atoms with E-state index in [9.17, 15) is 34.1 Å². The summed E-state index contributed by atoms with van der Waals surface area (Å²) in [4.78, 5) is 46.0. The van der Waals surface area contributed by atoms with Crippen LogP contribution in [0.15, 0.2) is 146 Å². The summed E-state index contributed by atoms with van der Waals surface area (Å²) in [6.45, 7) is 2.26. The van der Waals surface area contributed by atoms with Gasteiger partial charge in [-0.2, -0.15) is 0 Å². The number of amides is 1. The third-order valence-electron chi connectivity index (χ3n) is 9.12. The first kappa shape index (κ1) is 61.4. The predicted octanol–water partition coefficient (Wildman–Crippen LogP) is 13.1. The van der Waals surface area contributed by atoms with Crippen LogP contribution in [0.5, 0.6) is 0 Å². The maximum atomic E-state index is 12.3. The van der Waals surface area contributed by atoms with E-state index in [4.69, 9.17) is 13.8 Å². The standard InChI is InChI=1S/C54H82NO10P/c1-3-5-7-9-11-13-15-17-19-21-23-24-25-26-28-30-32-34-36-38-40-42-44-46-53(58)63-47-50(56)48-64-66(61,62)65-49-51(54(59)60)55-52(57)45-43-41-39-37-35-33-31-29-27-22-20-18-16-14-12-10-8-6-4-2/h5-8,11-14,17-20,23-24,26-29,32-35,38,40,50-51,56H,3-4,9-10,15-16,21-22,25,30-31,36-37,39,41-49H2,1-2H3,(H,55,57)(H,59,60)(H,61,62)/b7-5-,8-6-,13-11-,14-12-,19-17-,20-18-,24-23-,28-26-,29-27-,34-32-,35-33-,40-38-. The minimum absolute atomic E-state index is 0.0927. The fraction of sp³-hybridized carbons (Fsp3) is 0.500. The number of phosphoric acid groups is 1. The Labute approximate surface area is 397 Å². The average molecular weight is 936 g/mol. The normalized spacial score (nSPS) is 14.8. The van der Waals surface area contributed by atoms with Crippen molar-refractivity contribution < 1.29 is 47.8 Å². The van der Waals surface area contributed by atoms with Crippen molar-refractivity contribution in [3.63, 3.8) is 0 Å². The fourth-order valence-corrected chi connectivity index (χ4v) is 6.28. The number of aliphatic carboxylic acids is 1. The van der Waals surface area contributed by atoms with Crippen molar-refractivity contribution in [2.45, 2.75) is 154 Å². The first-order chi connectivity index (χ1) is 32.1. The van der Waals surface area contributed by atoms with Gasteiger partial charge < -0.3 is 25.2 Å². The van der Waals surface area contributed by atoms with Crippen LogP contribution in [0.4, 0.5) is 0 Å². The summed E-state index contributed by atoms with van der Waals surface area (Å²) in [6.07, 6.45) is 65.9. The lowest BCUT2D eigenvalue weighted by atomic mass is 10.1. The summed E-state index contributed by atoms with van der Waals surface area (Å²) in [5.41, 5.74) is 0. The highest BCUT2D eigenvalue weighted by Gasteiger charge is 2.28. The fourth-order valence-electron chi connectivity index (χ4n) is 5.50. The SMILES string of the molecule is CC/C=C\C/C=C\C/C=C\C/C=C\C/C=C\C/C=C\C/C=C\CCCC(=O)OCC(O)COP(=O)(O)OCC(NC(=O)CCCCC/C=C\C/C=C\C/C=C\C/C=C\C/C=C\CC)C(=O)O. The van der Waals surface area contributed by atoms with Gasteiger partial charge in [0.2, 0.25) is 5.91 Å². The van der Waals surface area contributed by atoms with Crippen molar-refractivity contribution >= 4 is 25.7 Å². The molecule has 12 heteroatoms. The predicted molar refractivity (Wildman–Crippen MR) is 272 cm³/mol. The van der Waals surface area contributed by atoms with Crippen molar-refractivity contribution in [3.8, 4) is 0 Å². The number of aliphatic hydroxyl groups is 1. The lowest BCUT2D eigenvalue weighted by Gasteiger charge is -2.18. The Morgan fingerprint density at radius 2 is 0.848 bits per heavy atom. The molecule has 0 rings (SSSR count). The van der Waals surface area contributed by atoms with Gasteiger partial charge >= 0.3 is 19.8 Å². The topological polar surface area (TPSA) is 169 Å². The maximum absolute atomic E-state index is 12.3. The number of hydrogen-bond donors (Lipinski definition) is 4. The van der Waals surface area contributed by atoms with E-state index in [1.165, 1.54) is 0 Å². The number of rotatable bonds is 42. The molecular formula is C54H82NO10P. The molecule has 0 aromatic carbocycles. The Morgan fingerprint density at radius 3 is 1.24 bits per heavy atom. The van der Waals surface area contributed by atoms with E-state index in [1.807, 2.05) is 12.2 Å². The van der Waals surface area contributed by atoms with Gasteiger partial charge in [0, 0.05) is 12.8 Å². The van der Waals surface area contributed by atoms with Crippen LogP contribution in [-0.2, 0) is 32.7 Å². The monoisotopic (exact) mass is 936 g/mol. The number of phosphoric ester groups is 1. The van der Waals surface area contributed by atoms with Crippen molar-refractivity contribution in [2.24, 2.45) is 0 Å². The molecule has 11 nitrogen and oxygen atoms in total. The molecule has 0 aliphatic heterocycles. The van der Waals surface area contributed by atoms with Crippen molar-refractivity contribution in [1.29, 1.82) is 0 Å². The molecule has 368 valence electrons. The van der Waals surface area contributed by atoms with Gasteiger partial charge in [0.15, 0.2) is 6.04 Å². The van der Waals surface area contributed by atoms with Gasteiger partial charge in [-0.1, -0.05) is 166 Å². The van der Waals surface area contributed by atoms with Gasteiger partial charge in [0.25, 0.3) is 0 Å². The van der Waals surface area contributed by atoms with Gasteiger partial charge in [-0.25, -0.2) is 9.36 Å². The molecule has 0 saturated carbocycles. The van der Waals surface area contributed by atoms with Crippen molar-refractivity contribution in [2.75, 3.05) is 19.8 Å². The number of carbonyl (C=O) groups excluding carboxylic acids is 2. The Kier molecular flexibility index (Phi) is 43.6. The number of esters is 1. The van der Waals surface area contributed by atoms with E-state index in [0.717, 1.165) is 96.3 Å². The first-order valence-corrected chi connectivity index (χ1v) is 25.4. The van der Waals surface area contributed by atoms with Gasteiger partial charge in [-0.05, 0) is 109 Å². The van der Waals surface area contributed by atoms with Crippen LogP contribution >= 0.6 is 7.82 Å². The number of carboxylic acids is 1. The summed E-state index contributed by atoms with van der Waals surface area (Å²) < 4.78 is 26.8. The highest BCUT2D eigenvalue weighted by atomic mass is 31.2. The molecule has 0 aromatic heterocycles. The van der Waals surface area contributed by atoms with Crippen LogP contribution in [0, 0.1) is 0 Å². The van der Waals surface area contributed by atoms with Crippen molar-refractivity contribution in [1.82, 2.24) is 5.32 Å². The molecule has 0 fully saturated rings. The number of allylic oxidation sites excluding steroid dienone is 24. The third kappa shape index (κ3) is 45.9. The van der Waals surface area contributed by atoms with Crippen LogP contribution in [0.25, 0.3) is 0 Å². The minimum atomic E-state index is -4.80. The van der Waals surface area contributed by atoms with Gasteiger partial charge in [0.05, 0.1) is 13.2 Å². The zero-order valence-electron chi connectivity index (χ0n) is 39.9. The quantitative estimate of drug-likeness (QED) is 0.0200. The molecule has 1 amide bonds. The van der Waals surface area contributed by atoms with Crippen LogP contribution in [0.3, 0.4) is 0 Å². The Morgan fingerprint density at radius 1 is 0.485 bits per heavy atom. The number of nitrogens with one attached hydrogen (secondary N) is 1. The Bertz CT molecular complexity index is 1660. The summed E-state index contributed by atoms with van der Waals surface area (Å²) in [5, 5.41) is 21.9. The zero-order valence-corrected chi connectivity index (χ0v) is 40.8. The highest BCUT2D eigenvalue weighted by molar-refractivity contribution is 7.47. The van der Waals surface area contributed by atoms with Gasteiger partial charge in [-0.15, -0.1) is 0 Å². The molecule has 3 unspecified atom stereocenters. The van der Waals surface area contributed by atoms with Crippen LogP contribution in [0.1, 0.15) is 142 Å². The number of ether oxygens (including phenoxy) is 1. The highest BCUT2D eigenvalue weighted by Crippen LogP contribution is 2.43. The summed E-state index contributed by atoms with van der Waals surface area (Å²) >= 11 is 0. The van der Waals surface area contributed by atoms with E-state index in [1.54, 1.807) is 0 Å². The van der Waals surface area contributed by atoms with E-state index in [0.29, 0.717) is 19.3 Å². The summed E-state index contributed by atoms with van der Waals surface area (Å²) in [7, 11) is -4.80. The summed E-state index contributed by atoms with van der Waals surface area (Å²) in [6, 6.07) is -1.58. The third-order valence-corrected chi connectivity index (χ3v) is 10.1. The molecule has 0 heterocycles. The number of carboxylic acid groups (broad SMARTS) is 1.